The molecule has 1 unspecified atom stereocenters. The van der Waals surface area contributed by atoms with Crippen LogP contribution in [0.25, 0.3) is 11.5 Å². The van der Waals surface area contributed by atoms with E-state index in [2.05, 4.69) is 10.2 Å². The molecule has 0 radical (unpaired) electrons. The fraction of sp³-hybridized carbons (Fsp3) is 0.167. The van der Waals surface area contributed by atoms with Crippen molar-refractivity contribution in [3.8, 4) is 11.5 Å². The van der Waals surface area contributed by atoms with Crippen molar-refractivity contribution in [3.05, 3.63) is 69.8 Å². The minimum atomic E-state index is -0.408. The molecule has 0 aliphatic rings. The molecule has 3 rings (SSSR count). The molecule has 2 aromatic carbocycles. The molecular formula is C18H15N3O4S. The molecule has 8 heteroatoms. The van der Waals surface area contributed by atoms with Crippen LogP contribution in [0.2, 0.25) is 0 Å². The van der Waals surface area contributed by atoms with Gasteiger partial charge in [0.25, 0.3) is 10.9 Å². The summed E-state index contributed by atoms with van der Waals surface area (Å²) in [5, 5.41) is 19.4. The molecule has 26 heavy (non-hydrogen) atoms. The number of rotatable bonds is 7. The van der Waals surface area contributed by atoms with Crippen LogP contribution in [-0.4, -0.2) is 21.4 Å². The highest BCUT2D eigenvalue weighted by Crippen LogP contribution is 2.38. The third-order valence-corrected chi connectivity index (χ3v) is 5.02. The third-order valence-electron chi connectivity index (χ3n) is 3.77. The summed E-state index contributed by atoms with van der Waals surface area (Å²) in [6.07, 6.45) is 1.52. The Hall–Kier alpha value is -3.00. The predicted molar refractivity (Wildman–Crippen MR) is 97.1 cm³/mol. The Labute approximate surface area is 153 Å². The van der Waals surface area contributed by atoms with Crippen molar-refractivity contribution < 1.29 is 14.1 Å². The number of thioether (sulfide) groups is 1. The van der Waals surface area contributed by atoms with Crippen LogP contribution in [0.1, 0.15) is 34.5 Å². The van der Waals surface area contributed by atoms with Crippen molar-refractivity contribution in [2.24, 2.45) is 0 Å². The molecule has 1 heterocycles. The number of hydrogen-bond acceptors (Lipinski definition) is 7. The SMILES string of the molecule is CCC(Sc1nnc(-c2ccc(C=O)cc2)o1)c1cccc([N+](=O)[O-])c1. The Morgan fingerprint density at radius 2 is 2.00 bits per heavy atom. The van der Waals surface area contributed by atoms with Crippen molar-refractivity contribution in [2.75, 3.05) is 0 Å². The molecule has 0 amide bonds. The molecule has 0 bridgehead atoms. The lowest BCUT2D eigenvalue weighted by atomic mass is 10.1. The molecule has 0 N–H and O–H groups in total. The molecule has 0 saturated heterocycles. The third kappa shape index (κ3) is 3.97. The van der Waals surface area contributed by atoms with E-state index in [4.69, 9.17) is 4.42 Å². The average Bonchev–Trinajstić information content (AvgIpc) is 3.15. The van der Waals surface area contributed by atoms with E-state index < -0.39 is 4.92 Å². The first-order valence-corrected chi connectivity index (χ1v) is 8.78. The van der Waals surface area contributed by atoms with Crippen molar-refractivity contribution in [3.63, 3.8) is 0 Å². The van der Waals surface area contributed by atoms with Crippen LogP contribution in [0.15, 0.2) is 58.2 Å². The first-order chi connectivity index (χ1) is 12.6. The Balaban J connectivity index is 1.79. The van der Waals surface area contributed by atoms with Gasteiger partial charge in [0.2, 0.25) is 5.89 Å². The predicted octanol–water partition coefficient (Wildman–Crippen LogP) is 4.70. The van der Waals surface area contributed by atoms with Crippen molar-refractivity contribution >= 4 is 23.7 Å². The summed E-state index contributed by atoms with van der Waals surface area (Å²) in [5.74, 6) is 0.360. The highest BCUT2D eigenvalue weighted by molar-refractivity contribution is 7.99. The van der Waals surface area contributed by atoms with Crippen LogP contribution in [0, 0.1) is 10.1 Å². The van der Waals surface area contributed by atoms with E-state index in [1.807, 2.05) is 13.0 Å². The number of aldehydes is 1. The summed E-state index contributed by atoms with van der Waals surface area (Å²) in [4.78, 5) is 21.3. The second-order valence-corrected chi connectivity index (χ2v) is 6.63. The maximum Gasteiger partial charge on any atom is 0.277 e. The summed E-state index contributed by atoms with van der Waals surface area (Å²) in [6, 6.07) is 13.4. The summed E-state index contributed by atoms with van der Waals surface area (Å²) in [7, 11) is 0. The summed E-state index contributed by atoms with van der Waals surface area (Å²) in [5.41, 5.74) is 2.18. The van der Waals surface area contributed by atoms with Crippen LogP contribution >= 0.6 is 11.8 Å². The Morgan fingerprint density at radius 1 is 1.23 bits per heavy atom. The van der Waals surface area contributed by atoms with E-state index in [1.165, 1.54) is 17.8 Å². The van der Waals surface area contributed by atoms with Gasteiger partial charge < -0.3 is 4.42 Å². The fourth-order valence-electron chi connectivity index (χ4n) is 2.43. The molecule has 0 fully saturated rings. The first-order valence-electron chi connectivity index (χ1n) is 7.91. The zero-order chi connectivity index (χ0) is 18.5. The summed E-state index contributed by atoms with van der Waals surface area (Å²) < 4.78 is 5.69. The highest BCUT2D eigenvalue weighted by Gasteiger charge is 2.18. The van der Waals surface area contributed by atoms with Gasteiger partial charge in [0.05, 0.1) is 4.92 Å². The van der Waals surface area contributed by atoms with Crippen LogP contribution in [0.5, 0.6) is 0 Å². The van der Waals surface area contributed by atoms with Crippen molar-refractivity contribution in [1.29, 1.82) is 0 Å². The van der Waals surface area contributed by atoms with Crippen LogP contribution in [-0.2, 0) is 0 Å². The van der Waals surface area contributed by atoms with Crippen molar-refractivity contribution in [2.45, 2.75) is 23.8 Å². The van der Waals surface area contributed by atoms with Gasteiger partial charge in [-0.1, -0.05) is 43.0 Å². The first kappa shape index (κ1) is 17.8. The molecule has 7 nitrogen and oxygen atoms in total. The molecule has 0 saturated carbocycles. The van der Waals surface area contributed by atoms with E-state index >= 15 is 0 Å². The number of non-ortho nitro benzene ring substituents is 1. The van der Waals surface area contributed by atoms with Gasteiger partial charge in [-0.2, -0.15) is 0 Å². The van der Waals surface area contributed by atoms with Crippen LogP contribution in [0.4, 0.5) is 5.69 Å². The fourth-order valence-corrected chi connectivity index (χ4v) is 3.33. The van der Waals surface area contributed by atoms with Gasteiger partial charge in [0.15, 0.2) is 0 Å². The minimum Gasteiger partial charge on any atom is -0.411 e. The van der Waals surface area contributed by atoms with Crippen LogP contribution in [0.3, 0.4) is 0 Å². The summed E-state index contributed by atoms with van der Waals surface area (Å²) >= 11 is 1.37. The van der Waals surface area contributed by atoms with Gasteiger partial charge >= 0.3 is 0 Å². The second kappa shape index (κ2) is 7.92. The monoisotopic (exact) mass is 369 g/mol. The Morgan fingerprint density at radius 3 is 2.65 bits per heavy atom. The largest absolute Gasteiger partial charge is 0.411 e. The lowest BCUT2D eigenvalue weighted by Gasteiger charge is -2.11. The summed E-state index contributed by atoms with van der Waals surface area (Å²) in [6.45, 7) is 1.99. The number of benzene rings is 2. The molecule has 3 aromatic rings. The van der Waals surface area contributed by atoms with Crippen LogP contribution < -0.4 is 0 Å². The molecular weight excluding hydrogens is 354 g/mol. The average molecular weight is 369 g/mol. The van der Waals surface area contributed by atoms with E-state index in [0.29, 0.717) is 16.7 Å². The van der Waals surface area contributed by atoms with Gasteiger partial charge in [0, 0.05) is 28.5 Å². The maximum absolute atomic E-state index is 11.0. The van der Waals surface area contributed by atoms with Gasteiger partial charge in [-0.25, -0.2) is 0 Å². The zero-order valence-corrected chi connectivity index (χ0v) is 14.7. The lowest BCUT2D eigenvalue weighted by molar-refractivity contribution is -0.384. The highest BCUT2D eigenvalue weighted by atomic mass is 32.2. The topological polar surface area (TPSA) is 99.1 Å². The number of aromatic nitrogens is 2. The minimum absolute atomic E-state index is 0.0411. The van der Waals surface area contributed by atoms with E-state index in [9.17, 15) is 14.9 Å². The maximum atomic E-state index is 11.0. The molecule has 0 aliphatic carbocycles. The molecule has 132 valence electrons. The zero-order valence-electron chi connectivity index (χ0n) is 13.9. The number of carbonyl (C=O) groups excluding carboxylic acids is 1. The number of nitro groups is 1. The Kier molecular flexibility index (Phi) is 5.43. The van der Waals surface area contributed by atoms with E-state index in [1.54, 1.807) is 36.4 Å². The van der Waals surface area contributed by atoms with E-state index in [0.717, 1.165) is 23.8 Å². The molecule has 1 aromatic heterocycles. The second-order valence-electron chi connectivity index (χ2n) is 5.48. The number of nitrogens with zero attached hydrogens (tertiary/aromatic N) is 3. The number of hydrogen-bond donors (Lipinski definition) is 0. The molecule has 0 aliphatic heterocycles. The quantitative estimate of drug-likeness (QED) is 0.257. The number of carbonyl (C=O) groups is 1. The normalized spacial score (nSPS) is 11.9. The van der Waals surface area contributed by atoms with Gasteiger partial charge in [-0.3, -0.25) is 14.9 Å². The van der Waals surface area contributed by atoms with Gasteiger partial charge in [-0.15, -0.1) is 10.2 Å². The van der Waals surface area contributed by atoms with Crippen molar-refractivity contribution in [1.82, 2.24) is 10.2 Å². The smallest absolute Gasteiger partial charge is 0.277 e. The number of nitro benzene ring substituents is 1. The standard InChI is InChI=1S/C18H15N3O4S/c1-2-16(14-4-3-5-15(10-14)21(23)24)26-18-20-19-17(25-18)13-8-6-12(11-22)7-9-13/h3-11,16H,2H2,1H3. The van der Waals surface area contributed by atoms with Gasteiger partial charge in [0.1, 0.15) is 6.29 Å². The Bertz CT molecular complexity index is 924. The molecule has 0 spiro atoms. The van der Waals surface area contributed by atoms with Gasteiger partial charge in [-0.05, 0) is 24.1 Å². The molecule has 1 atom stereocenters. The lowest BCUT2D eigenvalue weighted by Crippen LogP contribution is -1.95. The van der Waals surface area contributed by atoms with E-state index in [-0.39, 0.29) is 10.9 Å².